The van der Waals surface area contributed by atoms with E-state index in [1.807, 2.05) is 13.1 Å². The average Bonchev–Trinajstić information content (AvgIpc) is 3.39. The number of benzene rings is 1. The Morgan fingerprint density at radius 1 is 1.23 bits per heavy atom. The SMILES string of the molecule is CC(Nc1ccn2ncc(-c3cnn(CCO)c3)c2n1)c1cc(F)ccc1OCCF. The fourth-order valence-corrected chi connectivity index (χ4v) is 3.32. The van der Waals surface area contributed by atoms with Gasteiger partial charge >= 0.3 is 0 Å². The van der Waals surface area contributed by atoms with Crippen molar-refractivity contribution in [3.8, 4) is 16.9 Å². The molecule has 8 nitrogen and oxygen atoms in total. The molecule has 0 aliphatic heterocycles. The average molecular weight is 428 g/mol. The zero-order chi connectivity index (χ0) is 21.8. The van der Waals surface area contributed by atoms with E-state index >= 15 is 0 Å². The summed E-state index contributed by atoms with van der Waals surface area (Å²) in [6.07, 6.45) is 6.98. The van der Waals surface area contributed by atoms with Crippen molar-refractivity contribution in [2.45, 2.75) is 19.5 Å². The third-order valence-electron chi connectivity index (χ3n) is 4.78. The van der Waals surface area contributed by atoms with Crippen molar-refractivity contribution in [1.82, 2.24) is 24.4 Å². The second kappa shape index (κ2) is 9.09. The molecule has 0 radical (unpaired) electrons. The second-order valence-electron chi connectivity index (χ2n) is 6.94. The number of nitrogens with zero attached hydrogens (tertiary/aromatic N) is 5. The molecule has 1 unspecified atom stereocenters. The first-order valence-corrected chi connectivity index (χ1v) is 9.82. The molecule has 0 amide bonds. The zero-order valence-electron chi connectivity index (χ0n) is 16.9. The van der Waals surface area contributed by atoms with Gasteiger partial charge in [-0.1, -0.05) is 0 Å². The fraction of sp³-hybridized carbons (Fsp3) is 0.286. The highest BCUT2D eigenvalue weighted by atomic mass is 19.1. The Morgan fingerprint density at radius 3 is 2.90 bits per heavy atom. The zero-order valence-corrected chi connectivity index (χ0v) is 16.9. The van der Waals surface area contributed by atoms with Crippen molar-refractivity contribution in [3.63, 3.8) is 0 Å². The van der Waals surface area contributed by atoms with Gasteiger partial charge in [-0.2, -0.15) is 10.2 Å². The summed E-state index contributed by atoms with van der Waals surface area (Å²) >= 11 is 0. The molecule has 0 saturated carbocycles. The van der Waals surface area contributed by atoms with Gasteiger partial charge in [0.25, 0.3) is 0 Å². The monoisotopic (exact) mass is 428 g/mol. The number of aliphatic hydroxyl groups excluding tert-OH is 1. The van der Waals surface area contributed by atoms with E-state index in [-0.39, 0.29) is 19.3 Å². The van der Waals surface area contributed by atoms with Crippen molar-refractivity contribution in [2.24, 2.45) is 0 Å². The number of ether oxygens (including phenoxy) is 1. The highest BCUT2D eigenvalue weighted by molar-refractivity contribution is 5.76. The third-order valence-corrected chi connectivity index (χ3v) is 4.78. The summed E-state index contributed by atoms with van der Waals surface area (Å²) in [5.74, 6) is 0.573. The van der Waals surface area contributed by atoms with Crippen LogP contribution in [0.15, 0.2) is 49.1 Å². The van der Waals surface area contributed by atoms with Gasteiger partial charge in [-0.3, -0.25) is 4.68 Å². The van der Waals surface area contributed by atoms with Gasteiger partial charge in [-0.25, -0.2) is 18.3 Å². The Morgan fingerprint density at radius 2 is 2.10 bits per heavy atom. The number of anilines is 1. The van der Waals surface area contributed by atoms with Crippen LogP contribution in [0.1, 0.15) is 18.5 Å². The maximum atomic E-state index is 13.8. The van der Waals surface area contributed by atoms with Crippen LogP contribution in [0, 0.1) is 5.82 Å². The number of rotatable bonds is 9. The molecule has 0 aliphatic rings. The first kappa shape index (κ1) is 20.7. The van der Waals surface area contributed by atoms with Gasteiger partial charge in [0, 0.05) is 29.1 Å². The van der Waals surface area contributed by atoms with Crippen LogP contribution in [-0.4, -0.2) is 49.4 Å². The van der Waals surface area contributed by atoms with Gasteiger partial charge in [0.15, 0.2) is 5.65 Å². The summed E-state index contributed by atoms with van der Waals surface area (Å²) in [6, 6.07) is 5.55. The Kier molecular flexibility index (Phi) is 6.08. The van der Waals surface area contributed by atoms with Crippen molar-refractivity contribution in [1.29, 1.82) is 0 Å². The van der Waals surface area contributed by atoms with Crippen LogP contribution < -0.4 is 10.1 Å². The third kappa shape index (κ3) is 4.48. The van der Waals surface area contributed by atoms with Gasteiger partial charge < -0.3 is 15.2 Å². The lowest BCUT2D eigenvalue weighted by Gasteiger charge is -2.19. The molecule has 0 aliphatic carbocycles. The number of nitrogens with one attached hydrogen (secondary N) is 1. The van der Waals surface area contributed by atoms with Gasteiger partial charge in [-0.05, 0) is 31.2 Å². The highest BCUT2D eigenvalue weighted by Crippen LogP contribution is 2.29. The van der Waals surface area contributed by atoms with Gasteiger partial charge in [0.05, 0.1) is 31.6 Å². The summed E-state index contributed by atoms with van der Waals surface area (Å²) in [5, 5.41) is 20.9. The number of alkyl halides is 1. The number of aromatic nitrogens is 5. The molecule has 0 fully saturated rings. The predicted octanol–water partition coefficient (Wildman–Crippen LogP) is 3.25. The van der Waals surface area contributed by atoms with E-state index in [0.717, 1.165) is 11.1 Å². The van der Waals surface area contributed by atoms with Crippen LogP contribution in [0.2, 0.25) is 0 Å². The van der Waals surface area contributed by atoms with Crippen LogP contribution in [0.5, 0.6) is 5.75 Å². The normalized spacial score (nSPS) is 12.3. The summed E-state index contributed by atoms with van der Waals surface area (Å²) in [4.78, 5) is 4.65. The molecule has 2 N–H and O–H groups in total. The number of halogens is 2. The number of hydrogen-bond acceptors (Lipinski definition) is 6. The topological polar surface area (TPSA) is 89.5 Å². The molecular formula is C21H22F2N6O2. The molecular weight excluding hydrogens is 406 g/mol. The van der Waals surface area contributed by atoms with Crippen LogP contribution in [0.3, 0.4) is 0 Å². The summed E-state index contributed by atoms with van der Waals surface area (Å²) in [6.45, 7) is 1.52. The molecule has 10 heteroatoms. The molecule has 3 heterocycles. The molecule has 0 saturated heterocycles. The molecule has 3 aromatic heterocycles. The Bertz CT molecular complexity index is 1180. The smallest absolute Gasteiger partial charge is 0.165 e. The van der Waals surface area contributed by atoms with Gasteiger partial charge in [0.2, 0.25) is 0 Å². The maximum Gasteiger partial charge on any atom is 0.165 e. The van der Waals surface area contributed by atoms with Crippen molar-refractivity contribution in [3.05, 3.63) is 60.4 Å². The van der Waals surface area contributed by atoms with Gasteiger partial charge in [-0.15, -0.1) is 0 Å². The lowest BCUT2D eigenvalue weighted by atomic mass is 10.1. The van der Waals surface area contributed by atoms with Crippen molar-refractivity contribution in [2.75, 3.05) is 25.2 Å². The second-order valence-corrected chi connectivity index (χ2v) is 6.94. The first-order chi connectivity index (χ1) is 15.1. The summed E-state index contributed by atoms with van der Waals surface area (Å²) < 4.78 is 35.1. The largest absolute Gasteiger partial charge is 0.490 e. The Hall–Kier alpha value is -3.53. The summed E-state index contributed by atoms with van der Waals surface area (Å²) in [7, 11) is 0. The minimum atomic E-state index is -0.629. The maximum absolute atomic E-state index is 13.8. The van der Waals surface area contributed by atoms with Crippen molar-refractivity contribution < 1.29 is 18.6 Å². The van der Waals surface area contributed by atoms with E-state index in [2.05, 4.69) is 20.5 Å². The van der Waals surface area contributed by atoms with E-state index < -0.39 is 12.5 Å². The molecule has 4 rings (SSSR count). The van der Waals surface area contributed by atoms with E-state index in [1.165, 1.54) is 18.2 Å². The van der Waals surface area contributed by atoms with E-state index in [1.54, 1.807) is 33.9 Å². The lowest BCUT2D eigenvalue weighted by Crippen LogP contribution is -2.11. The quantitative estimate of drug-likeness (QED) is 0.425. The van der Waals surface area contributed by atoms with Crippen LogP contribution in [0.4, 0.5) is 14.6 Å². The minimum Gasteiger partial charge on any atom is -0.490 e. The van der Waals surface area contributed by atoms with Crippen molar-refractivity contribution >= 4 is 11.5 Å². The molecule has 0 bridgehead atoms. The molecule has 1 aromatic carbocycles. The van der Waals surface area contributed by atoms with Crippen LogP contribution >= 0.6 is 0 Å². The Balaban J connectivity index is 1.61. The van der Waals surface area contributed by atoms with E-state index in [4.69, 9.17) is 9.84 Å². The van der Waals surface area contributed by atoms with E-state index in [0.29, 0.717) is 29.3 Å². The van der Waals surface area contributed by atoms with Gasteiger partial charge in [0.1, 0.15) is 30.7 Å². The molecule has 162 valence electrons. The van der Waals surface area contributed by atoms with Crippen LogP contribution in [0.25, 0.3) is 16.8 Å². The fourth-order valence-electron chi connectivity index (χ4n) is 3.32. The number of fused-ring (bicyclic) bond motifs is 1. The number of aliphatic hydroxyl groups is 1. The van der Waals surface area contributed by atoms with E-state index in [9.17, 15) is 8.78 Å². The highest BCUT2D eigenvalue weighted by Gasteiger charge is 2.16. The number of hydrogen-bond donors (Lipinski definition) is 2. The molecule has 31 heavy (non-hydrogen) atoms. The standard InChI is InChI=1S/C21H22F2N6O2/c1-14(17-10-16(23)2-3-19(17)31-9-5-22)26-20-4-6-29-21(27-20)18(12-25-29)15-11-24-28(13-15)7-8-30/h2-4,6,10-14,30H,5,7-9H2,1H3,(H,26,27). The summed E-state index contributed by atoms with van der Waals surface area (Å²) in [5.41, 5.74) is 2.80. The molecule has 4 aromatic rings. The Labute approximate surface area is 177 Å². The molecule has 1 atom stereocenters. The minimum absolute atomic E-state index is 0.00278. The molecule has 0 spiro atoms. The first-order valence-electron chi connectivity index (χ1n) is 9.82. The van der Waals surface area contributed by atoms with Crippen LogP contribution in [-0.2, 0) is 6.54 Å². The predicted molar refractivity (Wildman–Crippen MR) is 111 cm³/mol. The lowest BCUT2D eigenvalue weighted by molar-refractivity contribution is 0.269.